The quantitative estimate of drug-likeness (QED) is 0.0344. The number of imidazole rings is 1. The maximum atomic E-state index is 12.5. The van der Waals surface area contributed by atoms with Crippen LogP contribution in [0.2, 0.25) is 0 Å². The number of hydrogen-bond donors (Lipinski definition) is 8. The number of aliphatic hydroxyl groups excluding tert-OH is 3. The predicted octanol–water partition coefficient (Wildman–Crippen LogP) is -8.99. The van der Waals surface area contributed by atoms with Gasteiger partial charge in [0.2, 0.25) is 0 Å². The molecule has 0 spiro atoms. The zero-order valence-corrected chi connectivity index (χ0v) is 33.4. The van der Waals surface area contributed by atoms with E-state index in [-0.39, 0.29) is 81.1 Å². The summed E-state index contributed by atoms with van der Waals surface area (Å²) in [7, 11) is -16.5. The van der Waals surface area contributed by atoms with E-state index < -0.39 is 85.8 Å². The molecule has 3 aromatic rings. The second kappa shape index (κ2) is 17.4. The topological polar surface area (TPSA) is 351 Å². The molecule has 10 atom stereocenters. The molecule has 2 aliphatic rings. The van der Waals surface area contributed by atoms with Crippen molar-refractivity contribution in [2.45, 2.75) is 49.1 Å². The van der Waals surface area contributed by atoms with Gasteiger partial charge >= 0.3 is 74.8 Å². The third kappa shape index (κ3) is 10.4. The number of nitrogen functional groups attached to an aromatic ring is 1. The van der Waals surface area contributed by atoms with Gasteiger partial charge in [0, 0.05) is 6.07 Å². The SMILES string of the molecule is NC(=S)c1ccc[n+]([C@@H]2O[C@H](COP(=O)([O-])OP(=O)(O)OC[C@H]3O[C@@H](n4cnc5c(N)ncnc54)[C@H](OP(=O)(O)O)[C@@H]3O)[C@@H](O)[C@H]2O)c1.[Na+].[Na+]. The summed E-state index contributed by atoms with van der Waals surface area (Å²) in [6.07, 6.45) is -7.97. The Labute approximate surface area is 330 Å². The van der Waals surface area contributed by atoms with Gasteiger partial charge in [-0.25, -0.2) is 28.4 Å². The second-order valence-corrected chi connectivity index (χ2v) is 14.9. The standard InChI is InChI=1S/C21H28N7O16P3S.2Na/c22-17-12-19(25-7-24-17)28(8-26-12)21-16(43-45(32,33)34)14(30)11(42-21)6-40-47(37,38)44-46(35,36)39-5-10-13(29)15(31)20(41-10)27-3-1-2-9(4-27)18(23)48;;/h1-4,7-8,10-11,13-16,20-21,29-31H,5-6H2,(H7-,22,23,24,25,32,33,34,35,36,37,38,48);;/q;2*+1/t10-,11-,13-,14-,15-,16-,20-,21-;;/m1../s1. The van der Waals surface area contributed by atoms with Crippen LogP contribution in [0, 0.1) is 0 Å². The van der Waals surface area contributed by atoms with Crippen LogP contribution in [0.5, 0.6) is 0 Å². The van der Waals surface area contributed by atoms with E-state index in [0.717, 1.165) is 17.2 Å². The van der Waals surface area contributed by atoms with Crippen LogP contribution >= 0.6 is 35.7 Å². The largest absolute Gasteiger partial charge is 1.00 e. The van der Waals surface area contributed by atoms with Crippen LogP contribution in [0.25, 0.3) is 11.2 Å². The van der Waals surface area contributed by atoms with Crippen LogP contribution in [-0.2, 0) is 41.1 Å². The molecule has 0 aromatic carbocycles. The first-order valence-electron chi connectivity index (χ1n) is 13.3. The molecule has 2 saturated heterocycles. The third-order valence-electron chi connectivity index (χ3n) is 6.97. The number of phosphoric acid groups is 3. The van der Waals surface area contributed by atoms with Crippen molar-refractivity contribution in [3.05, 3.63) is 42.7 Å². The number of hydrogen-bond acceptors (Lipinski definition) is 18. The summed E-state index contributed by atoms with van der Waals surface area (Å²) in [5, 5.41) is 31.6. The first kappa shape index (κ1) is 44.0. The monoisotopic (exact) mass is 805 g/mol. The molecular formula is C21H28N7Na2O16P3S+2. The van der Waals surface area contributed by atoms with E-state index in [1.165, 1.54) is 23.0 Å². The number of phosphoric ester groups is 3. The zero-order chi connectivity index (χ0) is 35.2. The second-order valence-electron chi connectivity index (χ2n) is 10.2. The van der Waals surface area contributed by atoms with E-state index in [2.05, 4.69) is 28.3 Å². The zero-order valence-electron chi connectivity index (χ0n) is 25.9. The maximum Gasteiger partial charge on any atom is 1.00 e. The van der Waals surface area contributed by atoms with Crippen molar-refractivity contribution < 1.29 is 140 Å². The van der Waals surface area contributed by atoms with Gasteiger partial charge in [-0.1, -0.05) is 12.2 Å². The molecule has 10 N–H and O–H groups in total. The number of nitrogens with zero attached hydrogens (tertiary/aromatic N) is 5. The Morgan fingerprint density at radius 2 is 1.68 bits per heavy atom. The van der Waals surface area contributed by atoms with Crippen LogP contribution in [0.3, 0.4) is 0 Å². The van der Waals surface area contributed by atoms with Crippen molar-refractivity contribution in [1.29, 1.82) is 0 Å². The molecular weight excluding hydrogens is 777 g/mol. The van der Waals surface area contributed by atoms with Gasteiger partial charge in [-0.15, -0.1) is 0 Å². The number of thiocarbonyl (C=S) groups is 1. The number of ether oxygens (including phenoxy) is 2. The Bertz CT molecular complexity index is 1830. The van der Waals surface area contributed by atoms with Crippen LogP contribution in [-0.4, -0.2) is 104 Å². The fraction of sp³-hybridized carbons (Fsp3) is 0.476. The van der Waals surface area contributed by atoms with Crippen LogP contribution < -0.4 is 80.0 Å². The molecule has 5 heterocycles. The van der Waals surface area contributed by atoms with Crippen molar-refractivity contribution in [2.24, 2.45) is 5.73 Å². The van der Waals surface area contributed by atoms with Crippen molar-refractivity contribution in [3.63, 3.8) is 0 Å². The van der Waals surface area contributed by atoms with E-state index in [0.29, 0.717) is 5.56 Å². The summed E-state index contributed by atoms with van der Waals surface area (Å²) in [5.41, 5.74) is 11.8. The van der Waals surface area contributed by atoms with E-state index in [4.69, 9.17) is 37.7 Å². The fourth-order valence-electron chi connectivity index (χ4n) is 4.82. The van der Waals surface area contributed by atoms with Crippen LogP contribution in [0.1, 0.15) is 18.0 Å². The number of nitrogens with two attached hydrogens (primary N) is 2. The van der Waals surface area contributed by atoms with Crippen LogP contribution in [0.4, 0.5) is 5.82 Å². The molecule has 29 heteroatoms. The van der Waals surface area contributed by atoms with Crippen molar-refractivity contribution in [3.8, 4) is 0 Å². The van der Waals surface area contributed by atoms with Gasteiger partial charge in [-0.3, -0.25) is 18.2 Å². The summed E-state index contributed by atoms with van der Waals surface area (Å²) < 4.78 is 68.2. The molecule has 0 aliphatic carbocycles. The van der Waals surface area contributed by atoms with E-state index in [1.54, 1.807) is 6.07 Å². The molecule has 0 saturated carbocycles. The maximum absolute atomic E-state index is 12.5. The number of aliphatic hydroxyl groups is 3. The minimum atomic E-state index is -5.70. The van der Waals surface area contributed by atoms with Gasteiger partial charge < -0.3 is 60.4 Å². The predicted molar refractivity (Wildman–Crippen MR) is 155 cm³/mol. The van der Waals surface area contributed by atoms with Gasteiger partial charge in [0.25, 0.3) is 14.1 Å². The number of fused-ring (bicyclic) bond motifs is 1. The molecule has 50 heavy (non-hydrogen) atoms. The normalized spacial score (nSPS) is 29.1. The van der Waals surface area contributed by atoms with Crippen molar-refractivity contribution in [1.82, 2.24) is 19.5 Å². The number of pyridine rings is 1. The summed E-state index contributed by atoms with van der Waals surface area (Å²) in [6, 6.07) is 3.11. The Kier molecular flexibility index (Phi) is 15.3. The Hall–Kier alpha value is -0.440. The molecule has 3 aromatic heterocycles. The van der Waals surface area contributed by atoms with Gasteiger partial charge in [0.1, 0.15) is 47.4 Å². The number of anilines is 1. The average molecular weight is 805 g/mol. The van der Waals surface area contributed by atoms with Crippen molar-refractivity contribution >= 4 is 57.7 Å². The molecule has 2 unspecified atom stereocenters. The summed E-state index contributed by atoms with van der Waals surface area (Å²) in [6.45, 7) is -2.07. The minimum Gasteiger partial charge on any atom is -0.756 e. The minimum absolute atomic E-state index is 0. The first-order valence-corrected chi connectivity index (χ1v) is 18.2. The molecule has 2 fully saturated rings. The van der Waals surface area contributed by atoms with Gasteiger partial charge in [0.15, 0.2) is 36.2 Å². The smallest absolute Gasteiger partial charge is 0.756 e. The van der Waals surface area contributed by atoms with Gasteiger partial charge in [-0.05, 0) is 6.07 Å². The molecule has 0 radical (unpaired) electrons. The average Bonchev–Trinajstić information content (AvgIpc) is 3.64. The molecule has 0 bridgehead atoms. The van der Waals surface area contributed by atoms with Gasteiger partial charge in [-0.2, -0.15) is 4.57 Å². The molecule has 264 valence electrons. The Morgan fingerprint density at radius 1 is 1.02 bits per heavy atom. The fourth-order valence-corrected chi connectivity index (χ4v) is 7.54. The van der Waals surface area contributed by atoms with Gasteiger partial charge in [0.05, 0.1) is 25.1 Å². The summed E-state index contributed by atoms with van der Waals surface area (Å²) >= 11 is 4.91. The Balaban J connectivity index is 0.00000338. The van der Waals surface area contributed by atoms with E-state index >= 15 is 0 Å². The number of aromatic nitrogens is 5. The third-order valence-corrected chi connectivity index (χ3v) is 10.3. The summed E-state index contributed by atoms with van der Waals surface area (Å²) in [4.78, 5) is 53.0. The number of rotatable bonds is 13. The molecule has 0 amide bonds. The van der Waals surface area contributed by atoms with Crippen molar-refractivity contribution in [2.75, 3.05) is 18.9 Å². The molecule has 2 aliphatic heterocycles. The van der Waals surface area contributed by atoms with E-state index in [1.807, 2.05) is 0 Å². The molecule has 23 nitrogen and oxygen atoms in total. The Morgan fingerprint density at radius 3 is 2.34 bits per heavy atom. The van der Waals surface area contributed by atoms with E-state index in [9.17, 15) is 48.6 Å². The van der Waals surface area contributed by atoms with Crippen LogP contribution in [0.15, 0.2) is 37.2 Å². The molecule has 5 rings (SSSR count). The first-order chi connectivity index (χ1) is 22.4. The summed E-state index contributed by atoms with van der Waals surface area (Å²) in [5.74, 6) is -0.0569.